The lowest BCUT2D eigenvalue weighted by Crippen LogP contribution is -2.31. The van der Waals surface area contributed by atoms with Gasteiger partial charge in [0.2, 0.25) is 5.13 Å². The number of benzene rings is 1. The summed E-state index contributed by atoms with van der Waals surface area (Å²) in [4.78, 5) is 27.6. The van der Waals surface area contributed by atoms with Crippen molar-refractivity contribution in [3.8, 4) is 0 Å². The summed E-state index contributed by atoms with van der Waals surface area (Å²) in [7, 11) is 1.39. The second kappa shape index (κ2) is 8.00. The molecule has 0 atom stereocenters. The Bertz CT molecular complexity index is 851. The van der Waals surface area contributed by atoms with Crippen molar-refractivity contribution in [3.63, 3.8) is 0 Å². The summed E-state index contributed by atoms with van der Waals surface area (Å²) in [6, 6.07) is 5.75. The van der Waals surface area contributed by atoms with Gasteiger partial charge in [0.05, 0.1) is 24.1 Å². The standard InChI is InChI=1S/C16H17N5O4S/c1-25-15(22)6-8-20-7-2-3-11-9-12(4-5-13(11)20)18-19-16-17-10-14(26-16)21(23)24/h4-5,9-10H,2-3,6-8H2,1H3. The third-order valence-electron chi connectivity index (χ3n) is 4.00. The first-order valence-corrected chi connectivity index (χ1v) is 8.85. The van der Waals surface area contributed by atoms with E-state index in [9.17, 15) is 14.9 Å². The topological polar surface area (TPSA) is 110 Å². The van der Waals surface area contributed by atoms with Crippen molar-refractivity contribution < 1.29 is 14.5 Å². The molecule has 0 saturated carbocycles. The van der Waals surface area contributed by atoms with Gasteiger partial charge in [0.25, 0.3) is 0 Å². The predicted molar refractivity (Wildman–Crippen MR) is 96.6 cm³/mol. The van der Waals surface area contributed by atoms with Crippen LogP contribution < -0.4 is 4.90 Å². The number of nitro groups is 1. The molecule has 0 fully saturated rings. The number of nitrogens with zero attached hydrogens (tertiary/aromatic N) is 5. The second-order valence-corrected chi connectivity index (χ2v) is 6.66. The third kappa shape index (κ3) is 4.20. The predicted octanol–water partition coefficient (Wildman–Crippen LogP) is 3.78. The number of azo groups is 1. The molecule has 26 heavy (non-hydrogen) atoms. The first-order valence-electron chi connectivity index (χ1n) is 8.03. The summed E-state index contributed by atoms with van der Waals surface area (Å²) in [5, 5.41) is 18.9. The van der Waals surface area contributed by atoms with Crippen LogP contribution in [0.1, 0.15) is 18.4 Å². The van der Waals surface area contributed by atoms with Crippen LogP contribution in [0.3, 0.4) is 0 Å². The van der Waals surface area contributed by atoms with Crippen molar-refractivity contribution in [3.05, 3.63) is 40.1 Å². The third-order valence-corrected chi connectivity index (χ3v) is 4.84. The molecule has 136 valence electrons. The highest BCUT2D eigenvalue weighted by Gasteiger charge is 2.18. The van der Waals surface area contributed by atoms with E-state index >= 15 is 0 Å². The van der Waals surface area contributed by atoms with Crippen molar-refractivity contribution in [2.45, 2.75) is 19.3 Å². The van der Waals surface area contributed by atoms with Gasteiger partial charge in [-0.3, -0.25) is 14.9 Å². The highest BCUT2D eigenvalue weighted by Crippen LogP contribution is 2.32. The maximum atomic E-state index is 11.4. The van der Waals surface area contributed by atoms with E-state index in [1.165, 1.54) is 13.3 Å². The Kier molecular flexibility index (Phi) is 5.52. The summed E-state index contributed by atoms with van der Waals surface area (Å²) in [5.74, 6) is -0.222. The summed E-state index contributed by atoms with van der Waals surface area (Å²) in [6.45, 7) is 1.51. The molecule has 1 aromatic carbocycles. The minimum atomic E-state index is -0.501. The second-order valence-electron chi connectivity index (χ2n) is 5.67. The number of thiazole rings is 1. The Morgan fingerprint density at radius 1 is 1.46 bits per heavy atom. The van der Waals surface area contributed by atoms with E-state index in [-0.39, 0.29) is 16.1 Å². The molecule has 0 aliphatic carbocycles. The van der Waals surface area contributed by atoms with Crippen LogP contribution in [0.15, 0.2) is 34.6 Å². The minimum Gasteiger partial charge on any atom is -0.469 e. The van der Waals surface area contributed by atoms with E-state index in [4.69, 9.17) is 4.74 Å². The zero-order valence-electron chi connectivity index (χ0n) is 14.1. The first kappa shape index (κ1) is 17.9. The molecule has 2 aromatic rings. The van der Waals surface area contributed by atoms with Crippen molar-refractivity contribution in [1.29, 1.82) is 0 Å². The van der Waals surface area contributed by atoms with Crippen LogP contribution in [0.5, 0.6) is 0 Å². The van der Waals surface area contributed by atoms with Gasteiger partial charge in [-0.05, 0) is 47.9 Å². The summed E-state index contributed by atoms with van der Waals surface area (Å²) >= 11 is 0.878. The molecule has 3 rings (SSSR count). The lowest BCUT2D eigenvalue weighted by molar-refractivity contribution is -0.380. The van der Waals surface area contributed by atoms with Crippen LogP contribution in [0, 0.1) is 10.1 Å². The Morgan fingerprint density at radius 3 is 3.04 bits per heavy atom. The van der Waals surface area contributed by atoms with Gasteiger partial charge in [0.1, 0.15) is 6.20 Å². The number of esters is 1. The van der Waals surface area contributed by atoms with E-state index < -0.39 is 4.92 Å². The Balaban J connectivity index is 1.72. The molecule has 1 aliphatic heterocycles. The Hall–Kier alpha value is -2.88. The monoisotopic (exact) mass is 375 g/mol. The Labute approximate surface area is 153 Å². The highest BCUT2D eigenvalue weighted by molar-refractivity contribution is 7.18. The number of fused-ring (bicyclic) bond motifs is 1. The molecule has 1 aromatic heterocycles. The molecule has 0 bridgehead atoms. The normalized spacial score (nSPS) is 13.7. The molecule has 0 radical (unpaired) electrons. The van der Waals surface area contributed by atoms with Crippen LogP contribution >= 0.6 is 11.3 Å². The number of aryl methyl sites for hydroxylation is 1. The maximum Gasteiger partial charge on any atom is 0.345 e. The van der Waals surface area contributed by atoms with Gasteiger partial charge in [-0.1, -0.05) is 0 Å². The molecule has 1 aliphatic rings. The lowest BCUT2D eigenvalue weighted by Gasteiger charge is -2.31. The van der Waals surface area contributed by atoms with Crippen LogP contribution in [-0.4, -0.2) is 36.1 Å². The van der Waals surface area contributed by atoms with Gasteiger partial charge in [-0.15, -0.1) is 10.2 Å². The number of carbonyl (C=O) groups excluding carboxylic acids is 1. The molecule has 2 heterocycles. The number of carbonyl (C=O) groups is 1. The fourth-order valence-corrected chi connectivity index (χ4v) is 3.33. The van der Waals surface area contributed by atoms with Crippen molar-refractivity contribution in [2.75, 3.05) is 25.1 Å². The van der Waals surface area contributed by atoms with Crippen LogP contribution in [0.2, 0.25) is 0 Å². The largest absolute Gasteiger partial charge is 0.469 e. The van der Waals surface area contributed by atoms with E-state index in [0.717, 1.165) is 42.0 Å². The number of aromatic nitrogens is 1. The van der Waals surface area contributed by atoms with Gasteiger partial charge in [0.15, 0.2) is 0 Å². The van der Waals surface area contributed by atoms with Gasteiger partial charge >= 0.3 is 11.0 Å². The number of hydrogen-bond donors (Lipinski definition) is 0. The molecular formula is C16H17N5O4S. The van der Waals surface area contributed by atoms with Gasteiger partial charge < -0.3 is 9.64 Å². The summed E-state index contributed by atoms with van der Waals surface area (Å²) in [6.07, 6.45) is 3.44. The van der Waals surface area contributed by atoms with Gasteiger partial charge in [-0.25, -0.2) is 4.98 Å². The SMILES string of the molecule is COC(=O)CCN1CCCc2cc(N=Nc3ncc([N+](=O)[O-])s3)ccc21. The van der Waals surface area contributed by atoms with E-state index in [1.807, 2.05) is 18.2 Å². The number of rotatable bonds is 6. The maximum absolute atomic E-state index is 11.4. The van der Waals surface area contributed by atoms with Crippen molar-refractivity contribution in [2.24, 2.45) is 10.2 Å². The average molecular weight is 375 g/mol. The fourth-order valence-electron chi connectivity index (χ4n) is 2.77. The quantitative estimate of drug-likeness (QED) is 0.329. The molecule has 0 amide bonds. The average Bonchev–Trinajstić information content (AvgIpc) is 3.13. The molecule has 10 heteroatoms. The zero-order valence-corrected chi connectivity index (χ0v) is 14.9. The minimum absolute atomic E-state index is 0.0642. The van der Waals surface area contributed by atoms with E-state index in [1.54, 1.807) is 0 Å². The molecule has 0 N–H and O–H groups in total. The molecule has 9 nitrogen and oxygen atoms in total. The lowest BCUT2D eigenvalue weighted by atomic mass is 10.0. The molecular weight excluding hydrogens is 358 g/mol. The highest BCUT2D eigenvalue weighted by atomic mass is 32.1. The van der Waals surface area contributed by atoms with E-state index in [2.05, 4.69) is 20.1 Å². The van der Waals surface area contributed by atoms with Crippen LogP contribution in [0.4, 0.5) is 21.5 Å². The summed E-state index contributed by atoms with van der Waals surface area (Å²) < 4.78 is 4.70. The van der Waals surface area contributed by atoms with Gasteiger partial charge in [-0.2, -0.15) is 0 Å². The van der Waals surface area contributed by atoms with Crippen molar-refractivity contribution in [1.82, 2.24) is 4.98 Å². The smallest absolute Gasteiger partial charge is 0.345 e. The summed E-state index contributed by atoms with van der Waals surface area (Å²) in [5.41, 5.74) is 2.89. The number of methoxy groups -OCH3 is 1. The zero-order chi connectivity index (χ0) is 18.5. The van der Waals surface area contributed by atoms with Crippen molar-refractivity contribution >= 4 is 38.8 Å². The molecule has 0 saturated heterocycles. The van der Waals surface area contributed by atoms with E-state index in [0.29, 0.717) is 18.7 Å². The first-order chi connectivity index (χ1) is 12.6. The van der Waals surface area contributed by atoms with Crippen LogP contribution in [-0.2, 0) is 16.0 Å². The van der Waals surface area contributed by atoms with Gasteiger partial charge in [0, 0.05) is 18.8 Å². The number of hydrogen-bond acceptors (Lipinski definition) is 9. The molecule has 0 unspecified atom stereocenters. The fraction of sp³-hybridized carbons (Fsp3) is 0.375. The molecule has 0 spiro atoms. The number of anilines is 1. The Morgan fingerprint density at radius 2 is 2.31 bits per heavy atom. The van der Waals surface area contributed by atoms with Crippen LogP contribution in [0.25, 0.3) is 0 Å². The number of ether oxygens (including phenoxy) is 1.